The lowest BCUT2D eigenvalue weighted by atomic mass is 10.1. The third-order valence-corrected chi connectivity index (χ3v) is 4.20. The summed E-state index contributed by atoms with van der Waals surface area (Å²) in [4.78, 5) is 11.8. The Bertz CT molecular complexity index is 995. The monoisotopic (exact) mass is 303 g/mol. The van der Waals surface area contributed by atoms with Gasteiger partial charge < -0.3 is 14.6 Å². The van der Waals surface area contributed by atoms with Gasteiger partial charge in [-0.3, -0.25) is 0 Å². The van der Waals surface area contributed by atoms with Crippen LogP contribution in [0.15, 0.2) is 42.5 Å². The molecule has 0 atom stereocenters. The van der Waals surface area contributed by atoms with Crippen molar-refractivity contribution < 1.29 is 9.53 Å². The van der Waals surface area contributed by atoms with Crippen LogP contribution in [0.2, 0.25) is 0 Å². The molecule has 0 unspecified atom stereocenters. The van der Waals surface area contributed by atoms with Crippen molar-refractivity contribution >= 4 is 28.4 Å². The van der Waals surface area contributed by atoms with Gasteiger partial charge in [-0.25, -0.2) is 4.79 Å². The molecule has 112 valence electrons. The highest BCUT2D eigenvalue weighted by molar-refractivity contribution is 5.99. The molecule has 0 aliphatic carbocycles. The average Bonchev–Trinajstić information content (AvgIpc) is 2.91. The zero-order valence-corrected chi connectivity index (χ0v) is 12.5. The fourth-order valence-electron chi connectivity index (χ4n) is 3.08. The first kappa shape index (κ1) is 13.4. The zero-order valence-electron chi connectivity index (χ0n) is 12.5. The van der Waals surface area contributed by atoms with Crippen LogP contribution in [0.4, 0.5) is 11.5 Å². The van der Waals surface area contributed by atoms with Crippen LogP contribution in [-0.4, -0.2) is 17.6 Å². The van der Waals surface area contributed by atoms with E-state index in [1.165, 1.54) is 7.11 Å². The molecule has 1 N–H and O–H groups in total. The number of nitrogens with zero attached hydrogens (tertiary/aromatic N) is 2. The third-order valence-electron chi connectivity index (χ3n) is 4.20. The third kappa shape index (κ3) is 1.89. The van der Waals surface area contributed by atoms with E-state index >= 15 is 0 Å². The molecule has 4 rings (SSSR count). The molecule has 0 fully saturated rings. The molecule has 2 aromatic carbocycles. The van der Waals surface area contributed by atoms with Gasteiger partial charge in [-0.2, -0.15) is 5.26 Å². The molecule has 2 heterocycles. The highest BCUT2D eigenvalue weighted by atomic mass is 16.5. The maximum atomic E-state index is 11.8. The Kier molecular flexibility index (Phi) is 2.85. The Morgan fingerprint density at radius 3 is 2.91 bits per heavy atom. The fourth-order valence-corrected chi connectivity index (χ4v) is 3.08. The number of benzene rings is 2. The van der Waals surface area contributed by atoms with Crippen molar-refractivity contribution in [3.05, 3.63) is 59.2 Å². The molecule has 1 aliphatic heterocycles. The lowest BCUT2D eigenvalue weighted by Crippen LogP contribution is -2.13. The van der Waals surface area contributed by atoms with Crippen LogP contribution in [0.3, 0.4) is 0 Å². The number of fused-ring (bicyclic) bond motifs is 4. The Labute approximate surface area is 132 Å². The Balaban J connectivity index is 1.97. The molecule has 0 bridgehead atoms. The van der Waals surface area contributed by atoms with Crippen molar-refractivity contribution in [3.8, 4) is 6.07 Å². The lowest BCUT2D eigenvalue weighted by Gasteiger charge is -2.21. The highest BCUT2D eigenvalue weighted by Gasteiger charge is 2.23. The summed E-state index contributed by atoms with van der Waals surface area (Å²) in [6, 6.07) is 15.5. The number of anilines is 2. The SMILES string of the molecule is COC(=O)c1ccc2c(C#N)c3n(c2c1)Cc1ccccc1N3. The molecule has 0 saturated heterocycles. The van der Waals surface area contributed by atoms with E-state index in [9.17, 15) is 10.1 Å². The normalized spacial score (nSPS) is 12.0. The molecule has 0 amide bonds. The van der Waals surface area contributed by atoms with Crippen LogP contribution < -0.4 is 5.32 Å². The molecule has 3 aromatic rings. The topological polar surface area (TPSA) is 67.0 Å². The van der Waals surface area contributed by atoms with Gasteiger partial charge in [-0.1, -0.05) is 24.3 Å². The Morgan fingerprint density at radius 1 is 1.30 bits per heavy atom. The summed E-state index contributed by atoms with van der Waals surface area (Å²) in [5.41, 5.74) is 4.06. The van der Waals surface area contributed by atoms with Crippen LogP contribution in [-0.2, 0) is 11.3 Å². The van der Waals surface area contributed by atoms with Gasteiger partial charge in [0.1, 0.15) is 17.5 Å². The first-order valence-electron chi connectivity index (χ1n) is 7.22. The lowest BCUT2D eigenvalue weighted by molar-refractivity contribution is 0.0601. The van der Waals surface area contributed by atoms with Gasteiger partial charge in [0.2, 0.25) is 0 Å². The van der Waals surface area contributed by atoms with Crippen molar-refractivity contribution in [2.24, 2.45) is 0 Å². The van der Waals surface area contributed by atoms with Crippen LogP contribution in [0, 0.1) is 11.3 Å². The van der Waals surface area contributed by atoms with Crippen LogP contribution >= 0.6 is 0 Å². The minimum atomic E-state index is -0.384. The molecule has 0 spiro atoms. The summed E-state index contributed by atoms with van der Waals surface area (Å²) in [6.45, 7) is 0.654. The molecule has 1 aromatic heterocycles. The average molecular weight is 303 g/mol. The number of nitriles is 1. The predicted octanol–water partition coefficient (Wildman–Crippen LogP) is 3.40. The van der Waals surface area contributed by atoms with Gasteiger partial charge in [-0.15, -0.1) is 0 Å². The number of carbonyl (C=O) groups is 1. The molecule has 0 radical (unpaired) electrons. The maximum Gasteiger partial charge on any atom is 0.337 e. The number of ether oxygens (including phenoxy) is 1. The number of hydrogen-bond donors (Lipinski definition) is 1. The molecule has 0 saturated carbocycles. The van der Waals surface area contributed by atoms with Crippen molar-refractivity contribution in [1.29, 1.82) is 5.26 Å². The van der Waals surface area contributed by atoms with E-state index in [2.05, 4.69) is 11.4 Å². The number of esters is 1. The Hall–Kier alpha value is -3.26. The first-order valence-corrected chi connectivity index (χ1v) is 7.22. The molecular formula is C18H13N3O2. The second kappa shape index (κ2) is 4.89. The van der Waals surface area contributed by atoms with Gasteiger partial charge in [0.25, 0.3) is 0 Å². The summed E-state index contributed by atoms with van der Waals surface area (Å²) in [5, 5.41) is 13.7. The smallest absolute Gasteiger partial charge is 0.337 e. The van der Waals surface area contributed by atoms with E-state index in [-0.39, 0.29) is 5.97 Å². The number of nitrogens with one attached hydrogen (secondary N) is 1. The largest absolute Gasteiger partial charge is 0.465 e. The van der Waals surface area contributed by atoms with Crippen LogP contribution in [0.5, 0.6) is 0 Å². The van der Waals surface area contributed by atoms with Gasteiger partial charge in [0, 0.05) is 11.1 Å². The predicted molar refractivity (Wildman–Crippen MR) is 86.8 cm³/mol. The standard InChI is InChI=1S/C18H13N3O2/c1-23-18(22)11-6-7-13-14(9-19)17-20-15-5-3-2-4-12(15)10-21(17)16(13)8-11/h2-8,20H,10H2,1H3. The van der Waals surface area contributed by atoms with Gasteiger partial charge in [0.05, 0.1) is 24.7 Å². The fraction of sp³-hybridized carbons (Fsp3) is 0.111. The van der Waals surface area contributed by atoms with E-state index in [4.69, 9.17) is 4.74 Å². The first-order chi connectivity index (χ1) is 11.2. The van der Waals surface area contributed by atoms with Crippen molar-refractivity contribution in [2.75, 3.05) is 12.4 Å². The summed E-state index contributed by atoms with van der Waals surface area (Å²) in [6.07, 6.45) is 0. The van der Waals surface area contributed by atoms with Gasteiger partial charge in [-0.05, 0) is 23.8 Å². The van der Waals surface area contributed by atoms with E-state index in [0.29, 0.717) is 17.7 Å². The van der Waals surface area contributed by atoms with E-state index in [1.54, 1.807) is 18.2 Å². The van der Waals surface area contributed by atoms with Crippen molar-refractivity contribution in [1.82, 2.24) is 4.57 Å². The van der Waals surface area contributed by atoms with Crippen molar-refractivity contribution in [2.45, 2.75) is 6.54 Å². The quantitative estimate of drug-likeness (QED) is 0.547. The number of methoxy groups -OCH3 is 1. The molecule has 1 aliphatic rings. The summed E-state index contributed by atoms with van der Waals surface area (Å²) in [7, 11) is 1.36. The van der Waals surface area contributed by atoms with Crippen LogP contribution in [0.25, 0.3) is 10.9 Å². The number of rotatable bonds is 1. The van der Waals surface area contributed by atoms with Crippen LogP contribution in [0.1, 0.15) is 21.5 Å². The number of hydrogen-bond acceptors (Lipinski definition) is 4. The Morgan fingerprint density at radius 2 is 2.13 bits per heavy atom. The minimum Gasteiger partial charge on any atom is -0.465 e. The summed E-state index contributed by atoms with van der Waals surface area (Å²) in [5.74, 6) is 0.383. The minimum absolute atomic E-state index is 0.384. The van der Waals surface area contributed by atoms with E-state index < -0.39 is 0 Å². The summed E-state index contributed by atoms with van der Waals surface area (Å²) < 4.78 is 6.82. The molecular weight excluding hydrogens is 290 g/mol. The second-order valence-corrected chi connectivity index (χ2v) is 5.43. The maximum absolute atomic E-state index is 11.8. The molecule has 5 heteroatoms. The number of carbonyl (C=O) groups excluding carboxylic acids is 1. The van der Waals surface area contributed by atoms with E-state index in [0.717, 1.165) is 28.0 Å². The van der Waals surface area contributed by atoms with Gasteiger partial charge in [0.15, 0.2) is 0 Å². The summed E-state index contributed by atoms with van der Waals surface area (Å²) >= 11 is 0. The van der Waals surface area contributed by atoms with Crippen molar-refractivity contribution in [3.63, 3.8) is 0 Å². The van der Waals surface area contributed by atoms with E-state index in [1.807, 2.05) is 28.8 Å². The second-order valence-electron chi connectivity index (χ2n) is 5.43. The highest BCUT2D eigenvalue weighted by Crippen LogP contribution is 2.37. The molecule has 23 heavy (non-hydrogen) atoms. The zero-order chi connectivity index (χ0) is 16.0. The molecule has 5 nitrogen and oxygen atoms in total. The van der Waals surface area contributed by atoms with Gasteiger partial charge >= 0.3 is 5.97 Å². The number of aromatic nitrogens is 1. The number of para-hydroxylation sites is 1.